The summed E-state index contributed by atoms with van der Waals surface area (Å²) in [5.41, 5.74) is 8.69. The fourth-order valence-electron chi connectivity index (χ4n) is 3.27. The number of benzene rings is 1. The van der Waals surface area contributed by atoms with E-state index < -0.39 is 6.04 Å². The first-order chi connectivity index (χ1) is 10.0. The highest BCUT2D eigenvalue weighted by atomic mass is 16.2. The average molecular weight is 288 g/mol. The second-order valence-corrected chi connectivity index (χ2v) is 6.42. The summed E-state index contributed by atoms with van der Waals surface area (Å²) in [5.74, 6) is 0.0691. The van der Waals surface area contributed by atoms with Crippen molar-refractivity contribution in [2.24, 2.45) is 11.1 Å². The highest BCUT2D eigenvalue weighted by Crippen LogP contribution is 2.38. The quantitative estimate of drug-likeness (QED) is 0.922. The molecule has 1 aliphatic rings. The van der Waals surface area contributed by atoms with Gasteiger partial charge in [0.15, 0.2) is 0 Å². The van der Waals surface area contributed by atoms with Gasteiger partial charge in [0.05, 0.1) is 0 Å². The molecule has 21 heavy (non-hydrogen) atoms. The van der Waals surface area contributed by atoms with Crippen LogP contribution in [-0.4, -0.2) is 23.9 Å². The number of carbonyl (C=O) groups excluding carboxylic acids is 1. The molecule has 1 aromatic carbocycles. The summed E-state index contributed by atoms with van der Waals surface area (Å²) in [7, 11) is 0. The standard InChI is InChI=1S/C18H28N2O/c1-4-18(5-2)10-12-20(13-11-18)17(21)16(19)15-8-6-14(3)7-9-15/h6-9,16H,4-5,10-13,19H2,1-3H3. The van der Waals surface area contributed by atoms with E-state index in [0.29, 0.717) is 5.41 Å². The summed E-state index contributed by atoms with van der Waals surface area (Å²) in [5, 5.41) is 0. The van der Waals surface area contributed by atoms with E-state index in [0.717, 1.165) is 31.5 Å². The van der Waals surface area contributed by atoms with Crippen molar-refractivity contribution in [2.45, 2.75) is 52.5 Å². The van der Waals surface area contributed by atoms with Crippen LogP contribution >= 0.6 is 0 Å². The predicted molar refractivity (Wildman–Crippen MR) is 86.9 cm³/mol. The third kappa shape index (κ3) is 3.46. The first kappa shape index (κ1) is 16.0. The Hall–Kier alpha value is -1.35. The van der Waals surface area contributed by atoms with Gasteiger partial charge in [-0.25, -0.2) is 0 Å². The van der Waals surface area contributed by atoms with Crippen molar-refractivity contribution in [3.8, 4) is 0 Å². The van der Waals surface area contributed by atoms with E-state index in [1.54, 1.807) is 0 Å². The number of hydrogen-bond donors (Lipinski definition) is 1. The van der Waals surface area contributed by atoms with Crippen molar-refractivity contribution in [1.82, 2.24) is 4.90 Å². The zero-order valence-electron chi connectivity index (χ0n) is 13.6. The lowest BCUT2D eigenvalue weighted by Crippen LogP contribution is -2.46. The number of nitrogens with zero attached hydrogens (tertiary/aromatic N) is 1. The van der Waals surface area contributed by atoms with E-state index >= 15 is 0 Å². The first-order valence-corrected chi connectivity index (χ1v) is 8.12. The van der Waals surface area contributed by atoms with E-state index in [4.69, 9.17) is 5.73 Å². The third-order valence-corrected chi connectivity index (χ3v) is 5.34. The van der Waals surface area contributed by atoms with Crippen LogP contribution in [0.5, 0.6) is 0 Å². The molecule has 1 aromatic rings. The molecule has 116 valence electrons. The van der Waals surface area contributed by atoms with Crippen LogP contribution in [0.1, 0.15) is 56.7 Å². The predicted octanol–water partition coefficient (Wildman–Crippen LogP) is 3.42. The van der Waals surface area contributed by atoms with E-state index in [-0.39, 0.29) is 5.91 Å². The second-order valence-electron chi connectivity index (χ2n) is 6.42. The fourth-order valence-corrected chi connectivity index (χ4v) is 3.27. The highest BCUT2D eigenvalue weighted by Gasteiger charge is 2.34. The second kappa shape index (κ2) is 6.61. The van der Waals surface area contributed by atoms with Gasteiger partial charge in [-0.15, -0.1) is 0 Å². The molecule has 2 rings (SSSR count). The molecular weight excluding hydrogens is 260 g/mol. The summed E-state index contributed by atoms with van der Waals surface area (Å²) in [6.07, 6.45) is 4.61. The zero-order chi connectivity index (χ0) is 15.5. The van der Waals surface area contributed by atoms with Crippen molar-refractivity contribution < 1.29 is 4.79 Å². The van der Waals surface area contributed by atoms with Gasteiger partial charge < -0.3 is 10.6 Å². The molecule has 3 heteroatoms. The van der Waals surface area contributed by atoms with Crippen LogP contribution in [0.4, 0.5) is 0 Å². The molecule has 0 radical (unpaired) electrons. The molecule has 1 fully saturated rings. The van der Waals surface area contributed by atoms with Gasteiger partial charge in [-0.3, -0.25) is 4.79 Å². The van der Waals surface area contributed by atoms with Crippen molar-refractivity contribution >= 4 is 5.91 Å². The Balaban J connectivity index is 2.00. The molecule has 1 atom stereocenters. The highest BCUT2D eigenvalue weighted by molar-refractivity contribution is 5.83. The minimum absolute atomic E-state index is 0.0691. The number of amides is 1. The van der Waals surface area contributed by atoms with E-state index in [1.807, 2.05) is 36.1 Å². The van der Waals surface area contributed by atoms with Gasteiger partial charge in [0, 0.05) is 13.1 Å². The van der Waals surface area contributed by atoms with Crippen LogP contribution in [0.2, 0.25) is 0 Å². The van der Waals surface area contributed by atoms with E-state index in [9.17, 15) is 4.79 Å². The lowest BCUT2D eigenvalue weighted by Gasteiger charge is -2.41. The number of aryl methyl sites for hydroxylation is 1. The van der Waals surface area contributed by atoms with Gasteiger partial charge in [-0.05, 0) is 30.7 Å². The van der Waals surface area contributed by atoms with E-state index in [1.165, 1.54) is 18.4 Å². The summed E-state index contributed by atoms with van der Waals surface area (Å²) < 4.78 is 0. The smallest absolute Gasteiger partial charge is 0.244 e. The number of hydrogen-bond acceptors (Lipinski definition) is 2. The maximum absolute atomic E-state index is 12.6. The Morgan fingerprint density at radius 2 is 1.71 bits per heavy atom. The normalized spacial score (nSPS) is 19.3. The summed E-state index contributed by atoms with van der Waals surface area (Å²) in [6.45, 7) is 8.26. The SMILES string of the molecule is CCC1(CC)CCN(C(=O)C(N)c2ccc(C)cc2)CC1. The average Bonchev–Trinajstić information content (AvgIpc) is 2.54. The number of nitrogens with two attached hydrogens (primary N) is 1. The lowest BCUT2D eigenvalue weighted by atomic mass is 9.74. The number of carbonyl (C=O) groups is 1. The van der Waals surface area contributed by atoms with E-state index in [2.05, 4.69) is 13.8 Å². The number of likely N-dealkylation sites (tertiary alicyclic amines) is 1. The largest absolute Gasteiger partial charge is 0.341 e. The molecule has 1 unspecified atom stereocenters. The molecule has 0 aromatic heterocycles. The third-order valence-electron chi connectivity index (χ3n) is 5.34. The maximum Gasteiger partial charge on any atom is 0.244 e. The topological polar surface area (TPSA) is 46.3 Å². The summed E-state index contributed by atoms with van der Waals surface area (Å²) in [6, 6.07) is 7.42. The molecule has 3 nitrogen and oxygen atoms in total. The van der Waals surface area contributed by atoms with Crippen molar-refractivity contribution in [3.05, 3.63) is 35.4 Å². The molecule has 1 amide bonds. The maximum atomic E-state index is 12.6. The molecule has 0 saturated carbocycles. The van der Waals surface area contributed by atoms with Gasteiger partial charge in [0.2, 0.25) is 5.91 Å². The van der Waals surface area contributed by atoms with Crippen molar-refractivity contribution in [1.29, 1.82) is 0 Å². The Labute approximate surface area is 128 Å². The fraction of sp³-hybridized carbons (Fsp3) is 0.611. The minimum atomic E-state index is -0.527. The van der Waals surface area contributed by atoms with Gasteiger partial charge >= 0.3 is 0 Å². The number of piperidine rings is 1. The monoisotopic (exact) mass is 288 g/mol. The molecule has 0 aliphatic carbocycles. The minimum Gasteiger partial charge on any atom is -0.341 e. The van der Waals surface area contributed by atoms with Crippen molar-refractivity contribution in [2.75, 3.05) is 13.1 Å². The number of rotatable bonds is 4. The van der Waals surface area contributed by atoms with Gasteiger partial charge in [-0.1, -0.05) is 56.5 Å². The van der Waals surface area contributed by atoms with Crippen molar-refractivity contribution in [3.63, 3.8) is 0 Å². The van der Waals surface area contributed by atoms with Gasteiger partial charge in [-0.2, -0.15) is 0 Å². The van der Waals surface area contributed by atoms with Crippen LogP contribution in [0, 0.1) is 12.3 Å². The van der Waals surface area contributed by atoms with Crippen LogP contribution < -0.4 is 5.73 Å². The van der Waals surface area contributed by atoms with Crippen LogP contribution in [0.25, 0.3) is 0 Å². The molecular formula is C18H28N2O. The van der Waals surface area contributed by atoms with Gasteiger partial charge in [0.25, 0.3) is 0 Å². The molecule has 1 aliphatic heterocycles. The Morgan fingerprint density at radius 1 is 1.19 bits per heavy atom. The zero-order valence-corrected chi connectivity index (χ0v) is 13.6. The Morgan fingerprint density at radius 3 is 2.19 bits per heavy atom. The Kier molecular flexibility index (Phi) is 5.04. The summed E-state index contributed by atoms with van der Waals surface area (Å²) >= 11 is 0. The summed E-state index contributed by atoms with van der Waals surface area (Å²) in [4.78, 5) is 14.5. The molecule has 1 saturated heterocycles. The molecule has 0 spiro atoms. The van der Waals surface area contributed by atoms with Gasteiger partial charge in [0.1, 0.15) is 6.04 Å². The molecule has 2 N–H and O–H groups in total. The van der Waals surface area contributed by atoms with Crippen LogP contribution in [0.15, 0.2) is 24.3 Å². The lowest BCUT2D eigenvalue weighted by molar-refractivity contribution is -0.135. The first-order valence-electron chi connectivity index (χ1n) is 8.12. The molecule has 0 bridgehead atoms. The van der Waals surface area contributed by atoms with Crippen LogP contribution in [-0.2, 0) is 4.79 Å². The molecule has 1 heterocycles. The van der Waals surface area contributed by atoms with Crippen LogP contribution in [0.3, 0.4) is 0 Å². The Bertz CT molecular complexity index is 466.